The van der Waals surface area contributed by atoms with Gasteiger partial charge in [-0.15, -0.1) is 0 Å². The summed E-state index contributed by atoms with van der Waals surface area (Å²) < 4.78 is 5.52. The SMILES string of the molecule is C=C(C)C(=O)OCc1c2ccccc2cc2ccc(Sc3ccccc3)cc12. The minimum absolute atomic E-state index is 0.225. The van der Waals surface area contributed by atoms with E-state index in [1.165, 1.54) is 4.90 Å². The van der Waals surface area contributed by atoms with Crippen molar-refractivity contribution in [3.8, 4) is 0 Å². The van der Waals surface area contributed by atoms with Crippen LogP contribution in [0, 0.1) is 0 Å². The van der Waals surface area contributed by atoms with Gasteiger partial charge >= 0.3 is 5.97 Å². The number of fused-ring (bicyclic) bond motifs is 2. The van der Waals surface area contributed by atoms with Crippen LogP contribution < -0.4 is 0 Å². The Bertz CT molecular complexity index is 1180. The molecule has 0 bridgehead atoms. The molecule has 0 N–H and O–H groups in total. The van der Waals surface area contributed by atoms with Gasteiger partial charge in [0.2, 0.25) is 0 Å². The Kier molecular flexibility index (Phi) is 5.18. The largest absolute Gasteiger partial charge is 0.457 e. The van der Waals surface area contributed by atoms with Crippen molar-refractivity contribution in [1.29, 1.82) is 0 Å². The molecule has 0 saturated heterocycles. The van der Waals surface area contributed by atoms with Crippen molar-refractivity contribution < 1.29 is 9.53 Å². The average Bonchev–Trinajstić information content (AvgIpc) is 2.71. The number of hydrogen-bond acceptors (Lipinski definition) is 3. The maximum absolute atomic E-state index is 12.0. The van der Waals surface area contributed by atoms with Gasteiger partial charge in [0.15, 0.2) is 0 Å². The molecule has 4 aromatic rings. The second kappa shape index (κ2) is 7.91. The van der Waals surface area contributed by atoms with Gasteiger partial charge < -0.3 is 4.74 Å². The van der Waals surface area contributed by atoms with E-state index in [9.17, 15) is 4.79 Å². The molecule has 0 saturated carbocycles. The highest BCUT2D eigenvalue weighted by molar-refractivity contribution is 7.99. The lowest BCUT2D eigenvalue weighted by Crippen LogP contribution is -2.05. The average molecular weight is 385 g/mol. The third-order valence-electron chi connectivity index (χ3n) is 4.62. The Morgan fingerprint density at radius 3 is 2.36 bits per heavy atom. The van der Waals surface area contributed by atoms with Crippen LogP contribution in [0.1, 0.15) is 12.5 Å². The molecule has 0 atom stereocenters. The first-order chi connectivity index (χ1) is 13.6. The van der Waals surface area contributed by atoms with Crippen molar-refractivity contribution in [3.63, 3.8) is 0 Å². The molecule has 0 radical (unpaired) electrons. The second-order valence-corrected chi connectivity index (χ2v) is 7.88. The number of carbonyl (C=O) groups excluding carboxylic acids is 1. The number of rotatable bonds is 5. The first kappa shape index (κ1) is 18.3. The standard InChI is InChI=1S/C25H20O2S/c1-17(2)25(26)27-16-24-22-11-7-6-8-18(22)14-19-12-13-21(15-23(19)24)28-20-9-4-3-5-10-20/h3-15H,1,16H2,2H3. The molecular weight excluding hydrogens is 364 g/mol. The van der Waals surface area contributed by atoms with Crippen LogP contribution in [0.25, 0.3) is 21.5 Å². The summed E-state index contributed by atoms with van der Waals surface area (Å²) in [7, 11) is 0. The Morgan fingerprint density at radius 1 is 0.857 bits per heavy atom. The number of esters is 1. The first-order valence-electron chi connectivity index (χ1n) is 9.12. The van der Waals surface area contributed by atoms with Crippen LogP contribution in [0.5, 0.6) is 0 Å². The van der Waals surface area contributed by atoms with E-state index in [0.29, 0.717) is 5.57 Å². The first-order valence-corrected chi connectivity index (χ1v) is 9.93. The topological polar surface area (TPSA) is 26.3 Å². The van der Waals surface area contributed by atoms with Gasteiger partial charge in [-0.05, 0) is 58.8 Å². The number of hydrogen-bond donors (Lipinski definition) is 0. The lowest BCUT2D eigenvalue weighted by Gasteiger charge is -2.13. The second-order valence-electron chi connectivity index (χ2n) is 6.73. The molecule has 2 nitrogen and oxygen atoms in total. The van der Waals surface area contributed by atoms with Gasteiger partial charge in [0.25, 0.3) is 0 Å². The quantitative estimate of drug-likeness (QED) is 0.216. The summed E-state index contributed by atoms with van der Waals surface area (Å²) in [6, 6.07) is 27.2. The van der Waals surface area contributed by atoms with Crippen LogP contribution in [-0.4, -0.2) is 5.97 Å². The molecule has 138 valence electrons. The van der Waals surface area contributed by atoms with Gasteiger partial charge in [-0.3, -0.25) is 0 Å². The molecule has 0 aliphatic rings. The van der Waals surface area contributed by atoms with Crippen LogP contribution >= 0.6 is 11.8 Å². The van der Waals surface area contributed by atoms with Crippen molar-refractivity contribution in [2.75, 3.05) is 0 Å². The molecule has 0 amide bonds. The van der Waals surface area contributed by atoms with Crippen molar-refractivity contribution in [2.45, 2.75) is 23.3 Å². The smallest absolute Gasteiger partial charge is 0.333 e. The number of carbonyl (C=O) groups is 1. The Hall–Kier alpha value is -3.04. The van der Waals surface area contributed by atoms with Crippen LogP contribution in [0.4, 0.5) is 0 Å². The molecule has 0 spiro atoms. The summed E-state index contributed by atoms with van der Waals surface area (Å²) in [5.74, 6) is -0.365. The molecule has 4 rings (SSSR count). The van der Waals surface area contributed by atoms with Gasteiger partial charge in [0.1, 0.15) is 6.61 Å². The van der Waals surface area contributed by atoms with E-state index in [-0.39, 0.29) is 12.6 Å². The highest BCUT2D eigenvalue weighted by Gasteiger charge is 2.12. The Morgan fingerprint density at radius 2 is 1.57 bits per heavy atom. The lowest BCUT2D eigenvalue weighted by molar-refractivity contribution is -0.140. The molecule has 3 heteroatoms. The maximum atomic E-state index is 12.0. The van der Waals surface area contributed by atoms with Crippen molar-refractivity contribution in [3.05, 3.63) is 96.6 Å². The highest BCUT2D eigenvalue weighted by Crippen LogP contribution is 2.34. The minimum Gasteiger partial charge on any atom is -0.457 e. The normalized spacial score (nSPS) is 10.9. The van der Waals surface area contributed by atoms with E-state index in [1.807, 2.05) is 30.3 Å². The molecule has 0 heterocycles. The summed E-state index contributed by atoms with van der Waals surface area (Å²) in [6.45, 7) is 5.57. The zero-order valence-corrected chi connectivity index (χ0v) is 16.5. The number of benzene rings is 4. The molecular formula is C25H20O2S. The third-order valence-corrected chi connectivity index (χ3v) is 5.62. The van der Waals surface area contributed by atoms with E-state index in [1.54, 1.807) is 18.7 Å². The summed E-state index contributed by atoms with van der Waals surface area (Å²) >= 11 is 1.72. The van der Waals surface area contributed by atoms with Gasteiger partial charge in [0, 0.05) is 20.9 Å². The summed E-state index contributed by atoms with van der Waals surface area (Å²) in [5.41, 5.74) is 1.43. The lowest BCUT2D eigenvalue weighted by atomic mass is 9.97. The fourth-order valence-corrected chi connectivity index (χ4v) is 4.12. The fourth-order valence-electron chi connectivity index (χ4n) is 3.24. The van der Waals surface area contributed by atoms with E-state index in [4.69, 9.17) is 4.74 Å². The Balaban J connectivity index is 1.81. The van der Waals surface area contributed by atoms with Crippen molar-refractivity contribution in [2.24, 2.45) is 0 Å². The minimum atomic E-state index is -0.365. The molecule has 0 unspecified atom stereocenters. The highest BCUT2D eigenvalue weighted by atomic mass is 32.2. The van der Waals surface area contributed by atoms with Crippen LogP contribution in [0.3, 0.4) is 0 Å². The fraction of sp³-hybridized carbons (Fsp3) is 0.0800. The van der Waals surface area contributed by atoms with Crippen molar-refractivity contribution in [1.82, 2.24) is 0 Å². The molecule has 0 fully saturated rings. The molecule has 28 heavy (non-hydrogen) atoms. The maximum Gasteiger partial charge on any atom is 0.333 e. The van der Waals surface area contributed by atoms with Gasteiger partial charge in [-0.2, -0.15) is 0 Å². The van der Waals surface area contributed by atoms with Crippen molar-refractivity contribution >= 4 is 39.3 Å². The summed E-state index contributed by atoms with van der Waals surface area (Å²) in [4.78, 5) is 14.3. The molecule has 0 aromatic heterocycles. The molecule has 0 aliphatic heterocycles. The third kappa shape index (κ3) is 3.80. The van der Waals surface area contributed by atoms with Crippen LogP contribution in [0.2, 0.25) is 0 Å². The van der Waals surface area contributed by atoms with Crippen LogP contribution in [-0.2, 0) is 16.1 Å². The van der Waals surface area contributed by atoms with Gasteiger partial charge in [-0.25, -0.2) is 4.79 Å². The summed E-state index contributed by atoms with van der Waals surface area (Å²) in [5, 5.41) is 4.48. The van der Waals surface area contributed by atoms with E-state index in [2.05, 4.69) is 55.1 Å². The van der Waals surface area contributed by atoms with Gasteiger partial charge in [-0.1, -0.05) is 66.9 Å². The summed E-state index contributed by atoms with van der Waals surface area (Å²) in [6.07, 6.45) is 0. The predicted octanol–water partition coefficient (Wildman–Crippen LogP) is 6.76. The monoisotopic (exact) mass is 384 g/mol. The van der Waals surface area contributed by atoms with Gasteiger partial charge in [0.05, 0.1) is 0 Å². The zero-order chi connectivity index (χ0) is 19.5. The molecule has 0 aliphatic carbocycles. The zero-order valence-electron chi connectivity index (χ0n) is 15.6. The van der Waals surface area contributed by atoms with E-state index >= 15 is 0 Å². The number of ether oxygens (including phenoxy) is 1. The predicted molar refractivity (Wildman–Crippen MR) is 117 cm³/mol. The van der Waals surface area contributed by atoms with E-state index in [0.717, 1.165) is 32.0 Å². The van der Waals surface area contributed by atoms with E-state index < -0.39 is 0 Å². The molecule has 4 aromatic carbocycles. The Labute approximate surface area is 168 Å². The van der Waals surface area contributed by atoms with Crippen LogP contribution in [0.15, 0.2) is 101 Å².